The number of halogens is 1. The van der Waals surface area contributed by atoms with Crippen molar-refractivity contribution in [2.24, 2.45) is 0 Å². The van der Waals surface area contributed by atoms with Crippen LogP contribution in [0.4, 0.5) is 0 Å². The lowest BCUT2D eigenvalue weighted by atomic mass is 10.1. The molecule has 0 aliphatic carbocycles. The molecule has 0 radical (unpaired) electrons. The summed E-state index contributed by atoms with van der Waals surface area (Å²) in [5, 5.41) is 27.1. The number of nitrogens with zero attached hydrogens (tertiary/aromatic N) is 4. The molecule has 0 fully saturated rings. The highest BCUT2D eigenvalue weighted by Crippen LogP contribution is 2.26. The Morgan fingerprint density at radius 3 is 2.33 bits per heavy atom. The van der Waals surface area contributed by atoms with Gasteiger partial charge in [-0.05, 0) is 36.4 Å². The summed E-state index contributed by atoms with van der Waals surface area (Å²) in [6.45, 7) is 0. The van der Waals surface area contributed by atoms with Crippen molar-refractivity contribution in [1.82, 2.24) is 15.0 Å². The number of nitriles is 1. The molecule has 0 spiro atoms. The first-order chi connectivity index (χ1) is 10.2. The minimum atomic E-state index is 0.160. The predicted octanol–water partition coefficient (Wildman–Crippen LogP) is 3.16. The van der Waals surface area contributed by atoms with Crippen molar-refractivity contribution in [2.75, 3.05) is 0 Å². The van der Waals surface area contributed by atoms with Crippen molar-refractivity contribution in [3.05, 3.63) is 59.2 Å². The summed E-state index contributed by atoms with van der Waals surface area (Å²) in [7, 11) is 0. The molecule has 0 unspecified atom stereocenters. The van der Waals surface area contributed by atoms with Crippen LogP contribution in [-0.2, 0) is 0 Å². The highest BCUT2D eigenvalue weighted by Gasteiger charge is 2.16. The molecule has 1 N–H and O–H groups in total. The average Bonchev–Trinajstić information content (AvgIpc) is 2.93. The Kier molecular flexibility index (Phi) is 3.30. The van der Waals surface area contributed by atoms with Crippen molar-refractivity contribution in [1.29, 1.82) is 5.26 Å². The van der Waals surface area contributed by atoms with Gasteiger partial charge in [0.15, 0.2) is 5.69 Å². The zero-order valence-corrected chi connectivity index (χ0v) is 11.5. The molecule has 5 nitrogen and oxygen atoms in total. The Morgan fingerprint density at radius 1 is 1.05 bits per heavy atom. The van der Waals surface area contributed by atoms with Crippen molar-refractivity contribution in [2.45, 2.75) is 0 Å². The number of hydrogen-bond donors (Lipinski definition) is 1. The molecule has 21 heavy (non-hydrogen) atoms. The number of phenolic OH excluding ortho intramolecular Hbond substituents is 1. The van der Waals surface area contributed by atoms with Crippen LogP contribution in [0.5, 0.6) is 5.75 Å². The maximum atomic E-state index is 9.36. The quantitative estimate of drug-likeness (QED) is 0.788. The lowest BCUT2D eigenvalue weighted by molar-refractivity contribution is 0.475. The Morgan fingerprint density at radius 2 is 1.71 bits per heavy atom. The molecule has 2 aromatic carbocycles. The second-order valence-electron chi connectivity index (χ2n) is 4.33. The van der Waals surface area contributed by atoms with Crippen LogP contribution >= 0.6 is 11.6 Å². The van der Waals surface area contributed by atoms with Crippen LogP contribution in [0.3, 0.4) is 0 Å². The van der Waals surface area contributed by atoms with E-state index in [1.807, 2.05) is 6.07 Å². The van der Waals surface area contributed by atoms with E-state index in [4.69, 9.17) is 11.6 Å². The monoisotopic (exact) mass is 296 g/mol. The zero-order valence-electron chi connectivity index (χ0n) is 10.7. The maximum absolute atomic E-state index is 9.36. The summed E-state index contributed by atoms with van der Waals surface area (Å²) in [5.41, 5.74) is 2.30. The van der Waals surface area contributed by atoms with E-state index in [0.717, 1.165) is 5.56 Å². The molecule has 0 bridgehead atoms. The Labute approximate surface area is 125 Å². The number of aromatic nitrogens is 3. The summed E-state index contributed by atoms with van der Waals surface area (Å²) in [5.74, 6) is 0.160. The standard InChI is InChI=1S/C15H9ClN4O/c16-11-3-1-10(2-4-11)15-14(9-17)18-19-20(15)12-5-7-13(21)8-6-12/h1-8,21H. The highest BCUT2D eigenvalue weighted by molar-refractivity contribution is 6.30. The van der Waals surface area contributed by atoms with Gasteiger partial charge in [-0.3, -0.25) is 0 Å². The van der Waals surface area contributed by atoms with E-state index in [9.17, 15) is 10.4 Å². The maximum Gasteiger partial charge on any atom is 0.191 e. The van der Waals surface area contributed by atoms with Gasteiger partial charge in [0.2, 0.25) is 0 Å². The zero-order chi connectivity index (χ0) is 14.8. The normalized spacial score (nSPS) is 10.3. The molecule has 1 aromatic heterocycles. The van der Waals surface area contributed by atoms with Gasteiger partial charge in [-0.2, -0.15) is 5.26 Å². The minimum absolute atomic E-state index is 0.160. The largest absolute Gasteiger partial charge is 0.508 e. The van der Waals surface area contributed by atoms with E-state index in [-0.39, 0.29) is 11.4 Å². The van der Waals surface area contributed by atoms with Gasteiger partial charge in [-0.1, -0.05) is 28.9 Å². The Hall–Kier alpha value is -2.84. The summed E-state index contributed by atoms with van der Waals surface area (Å²) in [4.78, 5) is 0. The topological polar surface area (TPSA) is 74.7 Å². The van der Waals surface area contributed by atoms with E-state index in [1.54, 1.807) is 53.2 Å². The number of rotatable bonds is 2. The average molecular weight is 297 g/mol. The first kappa shape index (κ1) is 13.2. The van der Waals surface area contributed by atoms with E-state index in [0.29, 0.717) is 16.4 Å². The molecule has 0 saturated carbocycles. The van der Waals surface area contributed by atoms with Crippen LogP contribution in [0.25, 0.3) is 16.9 Å². The van der Waals surface area contributed by atoms with E-state index >= 15 is 0 Å². The molecule has 0 amide bonds. The number of phenols is 1. The third-order valence-corrected chi connectivity index (χ3v) is 3.24. The fourth-order valence-corrected chi connectivity index (χ4v) is 2.12. The van der Waals surface area contributed by atoms with Gasteiger partial charge in [-0.15, -0.1) is 5.10 Å². The van der Waals surface area contributed by atoms with Crippen molar-refractivity contribution < 1.29 is 5.11 Å². The first-order valence-electron chi connectivity index (χ1n) is 6.10. The van der Waals surface area contributed by atoms with Gasteiger partial charge in [-0.25, -0.2) is 4.68 Å². The molecule has 102 valence electrons. The van der Waals surface area contributed by atoms with Crippen molar-refractivity contribution in [3.8, 4) is 28.8 Å². The van der Waals surface area contributed by atoms with Crippen LogP contribution in [0.1, 0.15) is 5.69 Å². The number of aromatic hydroxyl groups is 1. The van der Waals surface area contributed by atoms with Crippen LogP contribution in [0.2, 0.25) is 5.02 Å². The Balaban J connectivity index is 2.19. The van der Waals surface area contributed by atoms with E-state index in [1.165, 1.54) is 0 Å². The minimum Gasteiger partial charge on any atom is -0.508 e. The second-order valence-corrected chi connectivity index (χ2v) is 4.77. The molecule has 3 rings (SSSR count). The summed E-state index contributed by atoms with van der Waals surface area (Å²) in [6.07, 6.45) is 0. The van der Waals surface area contributed by atoms with Gasteiger partial charge >= 0.3 is 0 Å². The van der Waals surface area contributed by atoms with Crippen molar-refractivity contribution in [3.63, 3.8) is 0 Å². The molecule has 1 heterocycles. The SMILES string of the molecule is N#Cc1nnn(-c2ccc(O)cc2)c1-c1ccc(Cl)cc1. The molecule has 6 heteroatoms. The molecule has 0 aliphatic heterocycles. The van der Waals surface area contributed by atoms with Gasteiger partial charge in [0.25, 0.3) is 0 Å². The lowest BCUT2D eigenvalue weighted by Crippen LogP contribution is -1.99. The van der Waals surface area contributed by atoms with Gasteiger partial charge in [0, 0.05) is 10.6 Å². The summed E-state index contributed by atoms with van der Waals surface area (Å²) < 4.78 is 1.56. The lowest BCUT2D eigenvalue weighted by Gasteiger charge is -2.07. The molecular weight excluding hydrogens is 288 g/mol. The fourth-order valence-electron chi connectivity index (χ4n) is 2.00. The molecule has 0 saturated heterocycles. The second kappa shape index (κ2) is 5.27. The van der Waals surface area contributed by atoms with Crippen molar-refractivity contribution >= 4 is 11.6 Å². The van der Waals surface area contributed by atoms with Gasteiger partial charge in [0.05, 0.1) is 5.69 Å². The third-order valence-electron chi connectivity index (χ3n) is 2.99. The molecule has 0 atom stereocenters. The van der Waals surface area contributed by atoms with E-state index < -0.39 is 0 Å². The first-order valence-corrected chi connectivity index (χ1v) is 6.48. The fraction of sp³-hybridized carbons (Fsp3) is 0. The number of benzene rings is 2. The van der Waals surface area contributed by atoms with Crippen LogP contribution in [-0.4, -0.2) is 20.1 Å². The number of hydrogen-bond acceptors (Lipinski definition) is 4. The van der Waals surface area contributed by atoms with Gasteiger partial charge in [0.1, 0.15) is 17.5 Å². The smallest absolute Gasteiger partial charge is 0.191 e. The predicted molar refractivity (Wildman–Crippen MR) is 78.2 cm³/mol. The Bertz CT molecular complexity index is 816. The summed E-state index contributed by atoms with van der Waals surface area (Å²) in [6, 6.07) is 15.6. The van der Waals surface area contributed by atoms with E-state index in [2.05, 4.69) is 10.3 Å². The molecular formula is C15H9ClN4O. The van der Waals surface area contributed by atoms with Crippen LogP contribution in [0, 0.1) is 11.3 Å². The van der Waals surface area contributed by atoms with Crippen LogP contribution < -0.4 is 0 Å². The highest BCUT2D eigenvalue weighted by atomic mass is 35.5. The summed E-state index contributed by atoms with van der Waals surface area (Å²) >= 11 is 5.89. The van der Waals surface area contributed by atoms with Crippen LogP contribution in [0.15, 0.2) is 48.5 Å². The van der Waals surface area contributed by atoms with Gasteiger partial charge < -0.3 is 5.11 Å². The molecule has 0 aliphatic rings. The molecule has 3 aromatic rings. The third kappa shape index (κ3) is 2.45.